The summed E-state index contributed by atoms with van der Waals surface area (Å²) in [7, 11) is 1.64. The van der Waals surface area contributed by atoms with Crippen LogP contribution >= 0.6 is 36.2 Å². The Bertz CT molecular complexity index is 1020. The smallest absolute Gasteiger partial charge is 0.186 e. The molecule has 2 aliphatic rings. The molecular weight excluding hydrogens is 469 g/mol. The largest absolute Gasteiger partial charge is 0.497 e. The first-order valence-electron chi connectivity index (χ1n) is 10.4. The van der Waals surface area contributed by atoms with E-state index in [1.54, 1.807) is 18.4 Å². The Hall–Kier alpha value is -1.93. The van der Waals surface area contributed by atoms with Crippen LogP contribution in [0.15, 0.2) is 42.5 Å². The zero-order chi connectivity index (χ0) is 20.7. The highest BCUT2D eigenvalue weighted by molar-refractivity contribution is 7.22. The Morgan fingerprint density at radius 1 is 1.12 bits per heavy atom. The molecule has 9 heteroatoms. The summed E-state index contributed by atoms with van der Waals surface area (Å²) >= 11 is 1.76. The molecule has 1 saturated heterocycles. The second-order valence-corrected chi connectivity index (χ2v) is 9.33. The van der Waals surface area contributed by atoms with E-state index in [1.807, 2.05) is 24.3 Å². The van der Waals surface area contributed by atoms with Gasteiger partial charge < -0.3 is 24.8 Å². The number of hydrogen-bond donors (Lipinski definition) is 1. The van der Waals surface area contributed by atoms with Crippen molar-refractivity contribution < 1.29 is 14.2 Å². The molecule has 2 unspecified atom stereocenters. The Morgan fingerprint density at radius 3 is 2.59 bits per heavy atom. The molecule has 1 aromatic heterocycles. The molecule has 0 radical (unpaired) electrons. The van der Waals surface area contributed by atoms with Gasteiger partial charge in [0.05, 0.1) is 22.9 Å². The van der Waals surface area contributed by atoms with E-state index in [1.165, 1.54) is 4.70 Å². The third kappa shape index (κ3) is 4.57. The highest BCUT2D eigenvalue weighted by Gasteiger charge is 2.43. The van der Waals surface area contributed by atoms with Gasteiger partial charge >= 0.3 is 0 Å². The van der Waals surface area contributed by atoms with Gasteiger partial charge in [-0.1, -0.05) is 23.5 Å². The number of nitrogens with two attached hydrogens (primary N) is 1. The number of ether oxygens (including phenoxy) is 3. The summed E-state index contributed by atoms with van der Waals surface area (Å²) in [5, 5.41) is 1.11. The van der Waals surface area contributed by atoms with Crippen LogP contribution in [0.2, 0.25) is 0 Å². The van der Waals surface area contributed by atoms with E-state index in [4.69, 9.17) is 24.9 Å². The van der Waals surface area contributed by atoms with Gasteiger partial charge in [-0.05, 0) is 49.9 Å². The van der Waals surface area contributed by atoms with Gasteiger partial charge in [0, 0.05) is 19.2 Å². The number of methoxy groups -OCH3 is 1. The molecule has 0 amide bonds. The molecular formula is C23H29Cl2N3O3S. The van der Waals surface area contributed by atoms with E-state index in [2.05, 4.69) is 30.0 Å². The van der Waals surface area contributed by atoms with Crippen molar-refractivity contribution in [1.29, 1.82) is 0 Å². The molecule has 3 aromatic rings. The molecule has 2 N–H and O–H groups in total. The number of fused-ring (bicyclic) bond motifs is 2. The van der Waals surface area contributed by atoms with Crippen molar-refractivity contribution in [3.8, 4) is 17.2 Å². The summed E-state index contributed by atoms with van der Waals surface area (Å²) in [6, 6.07) is 14.0. The summed E-state index contributed by atoms with van der Waals surface area (Å²) < 4.78 is 18.8. The molecule has 0 spiro atoms. The second kappa shape index (κ2) is 9.91. The number of benzene rings is 2. The van der Waals surface area contributed by atoms with Crippen molar-refractivity contribution in [1.82, 2.24) is 4.98 Å². The zero-order valence-corrected chi connectivity index (χ0v) is 20.6. The maximum Gasteiger partial charge on any atom is 0.186 e. The number of rotatable bonds is 4. The van der Waals surface area contributed by atoms with Crippen LogP contribution in [0.25, 0.3) is 10.2 Å². The fourth-order valence-corrected chi connectivity index (χ4v) is 5.45. The quantitative estimate of drug-likeness (QED) is 0.551. The van der Waals surface area contributed by atoms with Crippen molar-refractivity contribution >= 4 is 51.5 Å². The lowest BCUT2D eigenvalue weighted by molar-refractivity contribution is 0.00922. The van der Waals surface area contributed by atoms with Crippen LogP contribution in [0.1, 0.15) is 19.8 Å². The van der Waals surface area contributed by atoms with Crippen LogP contribution in [0.3, 0.4) is 0 Å². The number of thiazole rings is 1. The number of nitrogens with zero attached hydrogens (tertiary/aromatic N) is 2. The van der Waals surface area contributed by atoms with Gasteiger partial charge in [-0.3, -0.25) is 0 Å². The molecule has 0 aliphatic carbocycles. The van der Waals surface area contributed by atoms with Gasteiger partial charge in [-0.25, -0.2) is 4.98 Å². The first kappa shape index (κ1) is 24.7. The predicted molar refractivity (Wildman–Crippen MR) is 135 cm³/mol. The third-order valence-electron chi connectivity index (χ3n) is 6.43. The van der Waals surface area contributed by atoms with Gasteiger partial charge in [0.15, 0.2) is 22.7 Å². The lowest BCUT2D eigenvalue weighted by atomic mass is 9.76. The molecule has 2 atom stereocenters. The maximum atomic E-state index is 6.86. The zero-order valence-electron chi connectivity index (χ0n) is 18.2. The second-order valence-electron chi connectivity index (χ2n) is 8.32. The van der Waals surface area contributed by atoms with E-state index >= 15 is 0 Å². The average molecular weight is 498 g/mol. The number of hydrogen-bond acceptors (Lipinski definition) is 7. The van der Waals surface area contributed by atoms with Crippen LogP contribution in [0.5, 0.6) is 17.2 Å². The minimum Gasteiger partial charge on any atom is -0.497 e. The first-order chi connectivity index (χ1) is 14.5. The summed E-state index contributed by atoms with van der Waals surface area (Å²) in [6.45, 7) is 4.47. The standard InChI is InChI=1S/C23H27N3O3S.2ClH/c1-23(24,21-14-28-19-13-16(27-2)7-8-18(19)29-21)15-9-11-26(12-10-15)22-25-17-5-3-4-6-20(17)30-22;;/h3-8,13,15,21H,9-12,14,24H2,1-2H3;2*1H. The third-order valence-corrected chi connectivity index (χ3v) is 7.53. The van der Waals surface area contributed by atoms with Crippen molar-refractivity contribution in [2.75, 3.05) is 31.7 Å². The van der Waals surface area contributed by atoms with Crippen LogP contribution in [-0.2, 0) is 0 Å². The fraction of sp³-hybridized carbons (Fsp3) is 0.435. The summed E-state index contributed by atoms with van der Waals surface area (Å²) in [5.74, 6) is 2.56. The van der Waals surface area contributed by atoms with Gasteiger partial charge in [0.2, 0.25) is 0 Å². The van der Waals surface area contributed by atoms with Crippen molar-refractivity contribution in [2.45, 2.75) is 31.4 Å². The predicted octanol–water partition coefficient (Wildman–Crippen LogP) is 4.92. The number of piperidine rings is 1. The molecule has 0 saturated carbocycles. The van der Waals surface area contributed by atoms with Gasteiger partial charge in [0.1, 0.15) is 12.4 Å². The highest BCUT2D eigenvalue weighted by atomic mass is 35.5. The van der Waals surface area contributed by atoms with Crippen molar-refractivity contribution in [2.24, 2.45) is 11.7 Å². The van der Waals surface area contributed by atoms with E-state index in [9.17, 15) is 0 Å². The Kier molecular flexibility index (Phi) is 7.65. The van der Waals surface area contributed by atoms with Gasteiger partial charge in [-0.2, -0.15) is 0 Å². The molecule has 2 aliphatic heterocycles. The summed E-state index contributed by atoms with van der Waals surface area (Å²) in [4.78, 5) is 7.20. The number of anilines is 1. The Labute approximate surface area is 204 Å². The maximum absolute atomic E-state index is 6.86. The minimum atomic E-state index is -0.475. The Balaban J connectivity index is 0.00000144. The van der Waals surface area contributed by atoms with Crippen molar-refractivity contribution in [3.63, 3.8) is 0 Å². The van der Waals surface area contributed by atoms with E-state index in [0.29, 0.717) is 18.3 Å². The number of aromatic nitrogens is 1. The molecule has 2 aromatic carbocycles. The molecule has 6 nitrogen and oxygen atoms in total. The van der Waals surface area contributed by atoms with Crippen LogP contribution < -0.4 is 24.8 Å². The van der Waals surface area contributed by atoms with E-state index in [0.717, 1.165) is 48.1 Å². The summed E-state index contributed by atoms with van der Waals surface area (Å²) in [6.07, 6.45) is 1.84. The lowest BCUT2D eigenvalue weighted by Crippen LogP contribution is -2.61. The fourth-order valence-electron chi connectivity index (χ4n) is 4.44. The monoisotopic (exact) mass is 497 g/mol. The topological polar surface area (TPSA) is 69.8 Å². The van der Waals surface area contributed by atoms with Crippen LogP contribution in [0, 0.1) is 5.92 Å². The van der Waals surface area contributed by atoms with Crippen molar-refractivity contribution in [3.05, 3.63) is 42.5 Å². The molecule has 5 rings (SSSR count). The first-order valence-corrected chi connectivity index (χ1v) is 11.2. The van der Waals surface area contributed by atoms with Crippen LogP contribution in [0.4, 0.5) is 5.13 Å². The van der Waals surface area contributed by atoms with Gasteiger partial charge in [0.25, 0.3) is 0 Å². The Morgan fingerprint density at radius 2 is 1.88 bits per heavy atom. The normalized spacial score (nSPS) is 20.1. The minimum absolute atomic E-state index is 0. The SMILES string of the molecule is COc1ccc2c(c1)OCC(C(C)(N)C1CCN(c3nc4ccccc4s3)CC1)O2.Cl.Cl. The van der Waals surface area contributed by atoms with Gasteiger partial charge in [-0.15, -0.1) is 24.8 Å². The number of para-hydroxylation sites is 1. The van der Waals surface area contributed by atoms with Crippen LogP contribution in [-0.4, -0.2) is 43.4 Å². The molecule has 32 heavy (non-hydrogen) atoms. The molecule has 3 heterocycles. The average Bonchev–Trinajstić information content (AvgIpc) is 3.23. The van der Waals surface area contributed by atoms with E-state index in [-0.39, 0.29) is 30.9 Å². The summed E-state index contributed by atoms with van der Waals surface area (Å²) in [5.41, 5.74) is 7.46. The van der Waals surface area contributed by atoms with E-state index < -0.39 is 5.54 Å². The molecule has 1 fully saturated rings. The highest BCUT2D eigenvalue weighted by Crippen LogP contribution is 2.40. The number of halogens is 2. The lowest BCUT2D eigenvalue weighted by Gasteiger charge is -2.45. The molecule has 0 bridgehead atoms. The molecule has 174 valence electrons.